The molecule has 0 radical (unpaired) electrons. The molecule has 2 aliphatic carbocycles. The van der Waals surface area contributed by atoms with E-state index in [2.05, 4.69) is 0 Å². The third kappa shape index (κ3) is 2.21. The zero-order chi connectivity index (χ0) is 15.0. The van der Waals surface area contributed by atoms with Crippen molar-refractivity contribution in [3.8, 4) is 5.75 Å². The summed E-state index contributed by atoms with van der Waals surface area (Å²) in [5.74, 6) is 0.429. The van der Waals surface area contributed by atoms with Crippen molar-refractivity contribution in [3.63, 3.8) is 0 Å². The van der Waals surface area contributed by atoms with Gasteiger partial charge in [-0.3, -0.25) is 9.59 Å². The van der Waals surface area contributed by atoms with Crippen LogP contribution in [0, 0.1) is 0 Å². The van der Waals surface area contributed by atoms with Crippen LogP contribution >= 0.6 is 0 Å². The smallest absolute Gasteiger partial charge is 0.310 e. The number of nitrogens with two attached hydrogens (primary N) is 1. The monoisotopic (exact) mass is 283 g/mol. The molecule has 0 saturated heterocycles. The van der Waals surface area contributed by atoms with Crippen LogP contribution in [0.3, 0.4) is 0 Å². The number of allylic oxidation sites excluding steroid dienone is 4. The van der Waals surface area contributed by atoms with Crippen LogP contribution in [-0.4, -0.2) is 18.3 Å². The molecule has 21 heavy (non-hydrogen) atoms. The molecule has 4 nitrogen and oxygen atoms in total. The lowest BCUT2D eigenvalue weighted by Gasteiger charge is -2.32. The van der Waals surface area contributed by atoms with Gasteiger partial charge < -0.3 is 10.5 Å². The van der Waals surface area contributed by atoms with Gasteiger partial charge in [0.2, 0.25) is 0 Å². The molecule has 0 atom stereocenters. The van der Waals surface area contributed by atoms with Crippen molar-refractivity contribution in [2.75, 3.05) is 6.54 Å². The Bertz CT molecular complexity index is 698. The van der Waals surface area contributed by atoms with Gasteiger partial charge in [0.1, 0.15) is 5.75 Å². The number of hydrogen-bond acceptors (Lipinski definition) is 4. The van der Waals surface area contributed by atoms with Crippen LogP contribution in [0.4, 0.5) is 0 Å². The highest BCUT2D eigenvalue weighted by Crippen LogP contribution is 2.51. The molecule has 0 heterocycles. The molecule has 0 unspecified atom stereocenters. The van der Waals surface area contributed by atoms with Crippen molar-refractivity contribution in [2.45, 2.75) is 26.2 Å². The third-order valence-electron chi connectivity index (χ3n) is 3.86. The molecule has 1 aromatic carbocycles. The Hall–Kier alpha value is -2.20. The summed E-state index contributed by atoms with van der Waals surface area (Å²) in [6, 6.07) is 3.77. The van der Waals surface area contributed by atoms with E-state index in [0.717, 1.165) is 34.3 Å². The first-order chi connectivity index (χ1) is 10.2. The van der Waals surface area contributed by atoms with Gasteiger partial charge in [-0.1, -0.05) is 19.1 Å². The summed E-state index contributed by atoms with van der Waals surface area (Å²) in [6.07, 6.45) is 4.90. The SMILES string of the molecule is CCC(=O)Oc1ccc(CCN)c2c1C1=C2CC(=O)C=C1. The highest BCUT2D eigenvalue weighted by atomic mass is 16.5. The van der Waals surface area contributed by atoms with Gasteiger partial charge in [0.25, 0.3) is 0 Å². The molecule has 4 heteroatoms. The molecule has 0 aromatic heterocycles. The molecule has 0 amide bonds. The van der Waals surface area contributed by atoms with E-state index < -0.39 is 0 Å². The van der Waals surface area contributed by atoms with Gasteiger partial charge in [0, 0.05) is 18.4 Å². The molecule has 3 rings (SSSR count). The first kappa shape index (κ1) is 13.8. The molecule has 0 aliphatic heterocycles. The second-order valence-electron chi connectivity index (χ2n) is 5.21. The Kier molecular flexibility index (Phi) is 3.47. The summed E-state index contributed by atoms with van der Waals surface area (Å²) < 4.78 is 5.41. The number of carbonyl (C=O) groups is 2. The Morgan fingerprint density at radius 3 is 2.81 bits per heavy atom. The maximum Gasteiger partial charge on any atom is 0.310 e. The van der Waals surface area contributed by atoms with E-state index in [9.17, 15) is 9.59 Å². The minimum Gasteiger partial charge on any atom is -0.426 e. The van der Waals surface area contributed by atoms with E-state index in [1.165, 1.54) is 0 Å². The van der Waals surface area contributed by atoms with E-state index in [0.29, 0.717) is 25.1 Å². The number of carbonyl (C=O) groups excluding carboxylic acids is 2. The quantitative estimate of drug-likeness (QED) is 0.679. The summed E-state index contributed by atoms with van der Waals surface area (Å²) in [4.78, 5) is 23.2. The van der Waals surface area contributed by atoms with Crippen LogP contribution in [0.2, 0.25) is 0 Å². The second-order valence-corrected chi connectivity index (χ2v) is 5.21. The lowest BCUT2D eigenvalue weighted by Crippen LogP contribution is -2.19. The summed E-state index contributed by atoms with van der Waals surface area (Å²) in [7, 11) is 0. The summed E-state index contributed by atoms with van der Waals surface area (Å²) in [5.41, 5.74) is 10.8. The Balaban J connectivity index is 2.05. The first-order valence-corrected chi connectivity index (χ1v) is 7.17. The van der Waals surface area contributed by atoms with Gasteiger partial charge in [-0.15, -0.1) is 0 Å². The number of benzene rings is 1. The van der Waals surface area contributed by atoms with Gasteiger partial charge >= 0.3 is 5.97 Å². The molecule has 1 aromatic rings. The fourth-order valence-electron chi connectivity index (χ4n) is 2.88. The third-order valence-corrected chi connectivity index (χ3v) is 3.86. The van der Waals surface area contributed by atoms with Crippen LogP contribution in [0.25, 0.3) is 11.1 Å². The molecule has 2 N–H and O–H groups in total. The summed E-state index contributed by atoms with van der Waals surface area (Å²) in [6.45, 7) is 2.31. The standard InChI is InChI=1S/C17H17NO3/c1-2-15(20)21-14-6-3-10(7-8-18)16-13-9-11(19)4-5-12(13)17(14)16/h3-6H,2,7-9,18H2,1H3. The average Bonchev–Trinajstić information content (AvgIpc) is 2.46. The number of hydrogen-bond donors (Lipinski definition) is 1. The van der Waals surface area contributed by atoms with Crippen molar-refractivity contribution in [1.82, 2.24) is 0 Å². The van der Waals surface area contributed by atoms with Crippen molar-refractivity contribution >= 4 is 22.9 Å². The van der Waals surface area contributed by atoms with Crippen molar-refractivity contribution in [2.24, 2.45) is 5.73 Å². The second kappa shape index (κ2) is 5.30. The van der Waals surface area contributed by atoms with Crippen molar-refractivity contribution in [1.29, 1.82) is 0 Å². The molecule has 2 aliphatic rings. The molecule has 0 bridgehead atoms. The van der Waals surface area contributed by atoms with Crippen LogP contribution < -0.4 is 10.5 Å². The molecule has 0 fully saturated rings. The van der Waals surface area contributed by atoms with Gasteiger partial charge in [-0.25, -0.2) is 0 Å². The van der Waals surface area contributed by atoms with Gasteiger partial charge in [0.15, 0.2) is 5.78 Å². The fraction of sp³-hybridized carbons (Fsp3) is 0.294. The number of ketones is 1. The Labute approximate surface area is 123 Å². The maximum absolute atomic E-state index is 11.6. The largest absolute Gasteiger partial charge is 0.426 e. The number of esters is 1. The Morgan fingerprint density at radius 1 is 1.29 bits per heavy atom. The summed E-state index contributed by atoms with van der Waals surface area (Å²) >= 11 is 0. The predicted molar refractivity (Wildman–Crippen MR) is 80.7 cm³/mol. The lowest BCUT2D eigenvalue weighted by atomic mass is 9.72. The number of ether oxygens (including phenoxy) is 1. The van der Waals surface area contributed by atoms with Gasteiger partial charge in [-0.2, -0.15) is 0 Å². The first-order valence-electron chi connectivity index (χ1n) is 7.17. The zero-order valence-electron chi connectivity index (χ0n) is 11.9. The average molecular weight is 283 g/mol. The van der Waals surface area contributed by atoms with E-state index in [-0.39, 0.29) is 11.8 Å². The molecule has 0 saturated carbocycles. The highest BCUT2D eigenvalue weighted by molar-refractivity contribution is 6.19. The van der Waals surface area contributed by atoms with E-state index in [4.69, 9.17) is 10.5 Å². The fourth-order valence-corrected chi connectivity index (χ4v) is 2.88. The van der Waals surface area contributed by atoms with E-state index in [1.807, 2.05) is 18.2 Å². The topological polar surface area (TPSA) is 69.4 Å². The molecule has 0 spiro atoms. The predicted octanol–water partition coefficient (Wildman–Crippen LogP) is 2.26. The normalized spacial score (nSPS) is 15.4. The van der Waals surface area contributed by atoms with Gasteiger partial charge in [0.05, 0.1) is 0 Å². The minimum atomic E-state index is -0.256. The molecule has 108 valence electrons. The maximum atomic E-state index is 11.6. The van der Waals surface area contributed by atoms with Crippen molar-refractivity contribution < 1.29 is 14.3 Å². The van der Waals surface area contributed by atoms with Crippen LogP contribution in [0.5, 0.6) is 5.75 Å². The molecular formula is C17H17NO3. The highest BCUT2D eigenvalue weighted by Gasteiger charge is 2.33. The van der Waals surface area contributed by atoms with Crippen LogP contribution in [-0.2, 0) is 16.0 Å². The lowest BCUT2D eigenvalue weighted by molar-refractivity contribution is -0.134. The Morgan fingerprint density at radius 2 is 2.10 bits per heavy atom. The van der Waals surface area contributed by atoms with Crippen molar-refractivity contribution in [3.05, 3.63) is 41.0 Å². The number of rotatable bonds is 4. The van der Waals surface area contributed by atoms with Crippen LogP contribution in [0.15, 0.2) is 24.3 Å². The van der Waals surface area contributed by atoms with Gasteiger partial charge in [-0.05, 0) is 47.4 Å². The molecular weight excluding hydrogens is 266 g/mol. The van der Waals surface area contributed by atoms with E-state index >= 15 is 0 Å². The zero-order valence-corrected chi connectivity index (χ0v) is 11.9. The number of fused-ring (bicyclic) bond motifs is 3. The van der Waals surface area contributed by atoms with Crippen LogP contribution in [0.1, 0.15) is 36.5 Å². The summed E-state index contributed by atoms with van der Waals surface area (Å²) in [5, 5.41) is 0. The van der Waals surface area contributed by atoms with E-state index in [1.54, 1.807) is 13.0 Å². The minimum absolute atomic E-state index is 0.106.